The predicted octanol–water partition coefficient (Wildman–Crippen LogP) is -2.91. The standard InChI is InChI=1S/C9H19NO.ClH/c1-5-6-8(10(3)4)9(2)7-11-9;/h8H,5-7H2,1-4H3;1H. The highest BCUT2D eigenvalue weighted by atomic mass is 35.5. The van der Waals surface area contributed by atoms with Gasteiger partial charge in [0, 0.05) is 6.42 Å². The Balaban J connectivity index is 0.00000121. The lowest BCUT2D eigenvalue weighted by atomic mass is 9.97. The molecule has 74 valence electrons. The molecule has 12 heavy (non-hydrogen) atoms. The Morgan fingerprint density at radius 1 is 1.50 bits per heavy atom. The summed E-state index contributed by atoms with van der Waals surface area (Å²) in [6.45, 7) is 5.42. The minimum Gasteiger partial charge on any atom is -1.00 e. The number of hydrogen-bond acceptors (Lipinski definition) is 1. The largest absolute Gasteiger partial charge is 1.00 e. The van der Waals surface area contributed by atoms with E-state index in [9.17, 15) is 0 Å². The van der Waals surface area contributed by atoms with E-state index in [4.69, 9.17) is 4.74 Å². The van der Waals surface area contributed by atoms with Crippen LogP contribution in [0, 0.1) is 0 Å². The van der Waals surface area contributed by atoms with Gasteiger partial charge in [-0.1, -0.05) is 13.3 Å². The lowest BCUT2D eigenvalue weighted by Gasteiger charge is -2.24. The molecule has 0 amide bonds. The second-order valence-corrected chi connectivity index (χ2v) is 4.02. The number of ether oxygens (including phenoxy) is 1. The molecule has 1 fully saturated rings. The Labute approximate surface area is 81.7 Å². The van der Waals surface area contributed by atoms with Crippen molar-refractivity contribution < 1.29 is 22.0 Å². The summed E-state index contributed by atoms with van der Waals surface area (Å²) in [5.41, 5.74) is 0.203. The number of halogens is 1. The monoisotopic (exact) mass is 193 g/mol. The maximum Gasteiger partial charge on any atom is 0.140 e. The van der Waals surface area contributed by atoms with Crippen LogP contribution in [-0.2, 0) is 4.74 Å². The molecule has 0 saturated carbocycles. The van der Waals surface area contributed by atoms with E-state index in [0.29, 0.717) is 6.04 Å². The van der Waals surface area contributed by atoms with E-state index in [2.05, 4.69) is 27.9 Å². The molecule has 1 heterocycles. The van der Waals surface area contributed by atoms with Crippen molar-refractivity contribution in [2.24, 2.45) is 0 Å². The van der Waals surface area contributed by atoms with Crippen LogP contribution in [-0.4, -0.2) is 32.3 Å². The van der Waals surface area contributed by atoms with Crippen LogP contribution in [0.25, 0.3) is 0 Å². The summed E-state index contributed by atoms with van der Waals surface area (Å²) in [6, 6.07) is 0.687. The summed E-state index contributed by atoms with van der Waals surface area (Å²) in [5.74, 6) is 0. The topological polar surface area (TPSA) is 17.0 Å². The van der Waals surface area contributed by atoms with Crippen molar-refractivity contribution in [3.8, 4) is 0 Å². The van der Waals surface area contributed by atoms with Gasteiger partial charge in [-0.2, -0.15) is 0 Å². The number of likely N-dealkylation sites (N-methyl/N-ethyl adjacent to an activating group) is 1. The maximum absolute atomic E-state index is 5.45. The number of hydrogen-bond donors (Lipinski definition) is 1. The van der Waals surface area contributed by atoms with Crippen LogP contribution in [0.3, 0.4) is 0 Å². The number of nitrogens with one attached hydrogen (secondary N) is 1. The first-order chi connectivity index (χ1) is 5.10. The minimum absolute atomic E-state index is 0. The summed E-state index contributed by atoms with van der Waals surface area (Å²) < 4.78 is 5.45. The van der Waals surface area contributed by atoms with Gasteiger partial charge in [0.2, 0.25) is 0 Å². The Bertz CT molecular complexity index is 134. The normalized spacial score (nSPS) is 29.8. The van der Waals surface area contributed by atoms with Gasteiger partial charge in [-0.25, -0.2) is 0 Å². The minimum atomic E-state index is 0. The van der Waals surface area contributed by atoms with E-state index in [1.54, 1.807) is 0 Å². The molecule has 1 rings (SSSR count). The molecule has 1 aliphatic heterocycles. The van der Waals surface area contributed by atoms with Gasteiger partial charge in [-0.3, -0.25) is 0 Å². The van der Waals surface area contributed by atoms with Gasteiger partial charge in [0.1, 0.15) is 11.6 Å². The van der Waals surface area contributed by atoms with Crippen molar-refractivity contribution >= 4 is 0 Å². The highest BCUT2D eigenvalue weighted by Crippen LogP contribution is 2.30. The fraction of sp³-hybridized carbons (Fsp3) is 1.00. The van der Waals surface area contributed by atoms with Crippen molar-refractivity contribution in [1.82, 2.24) is 0 Å². The van der Waals surface area contributed by atoms with Crippen LogP contribution in [0.15, 0.2) is 0 Å². The summed E-state index contributed by atoms with van der Waals surface area (Å²) in [6.07, 6.45) is 2.54. The van der Waals surface area contributed by atoms with Gasteiger partial charge in [0.15, 0.2) is 0 Å². The number of epoxide rings is 1. The molecule has 1 N–H and O–H groups in total. The molecule has 1 aliphatic rings. The Morgan fingerprint density at radius 2 is 2.00 bits per heavy atom. The van der Waals surface area contributed by atoms with E-state index in [-0.39, 0.29) is 18.0 Å². The molecule has 3 heteroatoms. The first kappa shape index (κ1) is 12.2. The van der Waals surface area contributed by atoms with Gasteiger partial charge >= 0.3 is 0 Å². The van der Waals surface area contributed by atoms with Crippen molar-refractivity contribution in [3.63, 3.8) is 0 Å². The molecule has 0 aromatic rings. The van der Waals surface area contributed by atoms with Gasteiger partial charge in [0.05, 0.1) is 20.7 Å². The summed E-state index contributed by atoms with van der Waals surface area (Å²) in [4.78, 5) is 1.52. The second-order valence-electron chi connectivity index (χ2n) is 4.02. The highest BCUT2D eigenvalue weighted by molar-refractivity contribution is 4.93. The molecule has 2 atom stereocenters. The third-order valence-corrected chi connectivity index (χ3v) is 2.61. The number of rotatable bonds is 4. The molecule has 0 radical (unpaired) electrons. The zero-order valence-electron chi connectivity index (χ0n) is 8.48. The molecule has 1 saturated heterocycles. The summed E-state index contributed by atoms with van der Waals surface area (Å²) >= 11 is 0. The van der Waals surface area contributed by atoms with Crippen molar-refractivity contribution in [2.75, 3.05) is 20.7 Å². The predicted molar refractivity (Wildman–Crippen MR) is 45.9 cm³/mol. The molecule has 0 aliphatic carbocycles. The van der Waals surface area contributed by atoms with Gasteiger partial charge < -0.3 is 22.0 Å². The molecule has 2 unspecified atom stereocenters. The molecular formula is C9H20ClNO. The zero-order valence-corrected chi connectivity index (χ0v) is 9.24. The van der Waals surface area contributed by atoms with Gasteiger partial charge in [-0.05, 0) is 6.92 Å². The SMILES string of the molecule is CCCC([NH+](C)C)C1(C)CO1.[Cl-]. The molecule has 0 aromatic carbocycles. The van der Waals surface area contributed by atoms with Crippen LogP contribution < -0.4 is 17.3 Å². The van der Waals surface area contributed by atoms with E-state index < -0.39 is 0 Å². The smallest absolute Gasteiger partial charge is 0.140 e. The van der Waals surface area contributed by atoms with E-state index in [1.807, 2.05) is 0 Å². The molecule has 0 bridgehead atoms. The van der Waals surface area contributed by atoms with Gasteiger partial charge in [-0.15, -0.1) is 0 Å². The summed E-state index contributed by atoms with van der Waals surface area (Å²) in [5, 5.41) is 0. The van der Waals surface area contributed by atoms with E-state index >= 15 is 0 Å². The quantitative estimate of drug-likeness (QED) is 0.474. The van der Waals surface area contributed by atoms with Crippen LogP contribution >= 0.6 is 0 Å². The Morgan fingerprint density at radius 3 is 2.25 bits per heavy atom. The van der Waals surface area contributed by atoms with E-state index in [1.165, 1.54) is 17.7 Å². The van der Waals surface area contributed by atoms with Crippen molar-refractivity contribution in [1.29, 1.82) is 0 Å². The van der Waals surface area contributed by atoms with Crippen molar-refractivity contribution in [2.45, 2.75) is 38.3 Å². The highest BCUT2D eigenvalue weighted by Gasteiger charge is 2.50. The molecule has 2 nitrogen and oxygen atoms in total. The molecule has 0 aromatic heterocycles. The maximum atomic E-state index is 5.45. The number of quaternary nitrogens is 1. The first-order valence-electron chi connectivity index (χ1n) is 4.54. The lowest BCUT2D eigenvalue weighted by Crippen LogP contribution is -3.11. The van der Waals surface area contributed by atoms with Crippen LogP contribution in [0.1, 0.15) is 26.7 Å². The average Bonchev–Trinajstić information content (AvgIpc) is 2.63. The van der Waals surface area contributed by atoms with Crippen molar-refractivity contribution in [3.05, 3.63) is 0 Å². The van der Waals surface area contributed by atoms with E-state index in [0.717, 1.165) is 6.61 Å². The van der Waals surface area contributed by atoms with Crippen LogP contribution in [0.2, 0.25) is 0 Å². The molecular weight excluding hydrogens is 174 g/mol. The zero-order chi connectivity index (χ0) is 8.48. The first-order valence-corrected chi connectivity index (χ1v) is 4.54. The van der Waals surface area contributed by atoms with Gasteiger partial charge in [0.25, 0.3) is 0 Å². The second kappa shape index (κ2) is 4.45. The third kappa shape index (κ3) is 2.61. The third-order valence-electron chi connectivity index (χ3n) is 2.61. The summed E-state index contributed by atoms with van der Waals surface area (Å²) in [7, 11) is 4.43. The molecule has 0 spiro atoms. The van der Waals surface area contributed by atoms with Crippen LogP contribution in [0.4, 0.5) is 0 Å². The fourth-order valence-electron chi connectivity index (χ4n) is 1.81. The lowest BCUT2D eigenvalue weighted by molar-refractivity contribution is -0.890. The average molecular weight is 194 g/mol. The fourth-order valence-corrected chi connectivity index (χ4v) is 1.81. The Hall–Kier alpha value is 0.210. The Kier molecular flexibility index (Phi) is 4.53. The van der Waals surface area contributed by atoms with Crippen LogP contribution in [0.5, 0.6) is 0 Å².